The molecule has 1 aromatic carbocycles. The highest BCUT2D eigenvalue weighted by atomic mass is 16.5. The molecular weight excluding hydrogens is 268 g/mol. The highest BCUT2D eigenvalue weighted by Crippen LogP contribution is 2.31. The molecule has 112 valence electrons. The SMILES string of the molecule is CC(C)(C)c1ccccc1OCc1occc1C(=O)NN. The minimum Gasteiger partial charge on any atom is -0.485 e. The first-order valence-corrected chi connectivity index (χ1v) is 6.73. The number of ether oxygens (including phenoxy) is 1. The molecule has 1 amide bonds. The van der Waals surface area contributed by atoms with Crippen molar-refractivity contribution in [2.75, 3.05) is 0 Å². The van der Waals surface area contributed by atoms with Crippen molar-refractivity contribution in [2.24, 2.45) is 5.84 Å². The molecule has 0 radical (unpaired) electrons. The molecule has 0 saturated carbocycles. The number of furan rings is 1. The second-order valence-electron chi connectivity index (χ2n) is 5.77. The number of para-hydroxylation sites is 1. The summed E-state index contributed by atoms with van der Waals surface area (Å²) in [6.07, 6.45) is 1.44. The number of rotatable bonds is 4. The van der Waals surface area contributed by atoms with Gasteiger partial charge in [-0.3, -0.25) is 10.2 Å². The molecule has 21 heavy (non-hydrogen) atoms. The summed E-state index contributed by atoms with van der Waals surface area (Å²) >= 11 is 0. The van der Waals surface area contributed by atoms with Crippen LogP contribution in [0.15, 0.2) is 41.0 Å². The number of amides is 1. The number of nitrogen functional groups attached to an aromatic ring is 1. The van der Waals surface area contributed by atoms with E-state index in [1.165, 1.54) is 6.26 Å². The van der Waals surface area contributed by atoms with Gasteiger partial charge in [0.15, 0.2) is 5.76 Å². The van der Waals surface area contributed by atoms with Gasteiger partial charge in [-0.25, -0.2) is 5.84 Å². The smallest absolute Gasteiger partial charge is 0.268 e. The van der Waals surface area contributed by atoms with Crippen LogP contribution in [-0.4, -0.2) is 5.91 Å². The van der Waals surface area contributed by atoms with Crippen molar-refractivity contribution in [1.82, 2.24) is 5.43 Å². The lowest BCUT2D eigenvalue weighted by Gasteiger charge is -2.22. The molecule has 2 aromatic rings. The zero-order chi connectivity index (χ0) is 15.5. The first kappa shape index (κ1) is 15.1. The summed E-state index contributed by atoms with van der Waals surface area (Å²) in [6, 6.07) is 9.40. The van der Waals surface area contributed by atoms with Gasteiger partial charge in [0.2, 0.25) is 0 Å². The van der Waals surface area contributed by atoms with Crippen LogP contribution in [-0.2, 0) is 12.0 Å². The second-order valence-corrected chi connectivity index (χ2v) is 5.77. The molecule has 1 heterocycles. The molecule has 0 fully saturated rings. The highest BCUT2D eigenvalue weighted by molar-refractivity contribution is 5.94. The Morgan fingerprint density at radius 3 is 2.67 bits per heavy atom. The minimum atomic E-state index is -0.397. The van der Waals surface area contributed by atoms with Gasteiger partial charge in [-0.15, -0.1) is 0 Å². The van der Waals surface area contributed by atoms with E-state index in [2.05, 4.69) is 26.2 Å². The molecule has 0 atom stereocenters. The molecule has 2 rings (SSSR count). The fraction of sp³-hybridized carbons (Fsp3) is 0.312. The van der Waals surface area contributed by atoms with Gasteiger partial charge in [-0.1, -0.05) is 39.0 Å². The van der Waals surface area contributed by atoms with Gasteiger partial charge < -0.3 is 9.15 Å². The number of carbonyl (C=O) groups excluding carboxylic acids is 1. The van der Waals surface area contributed by atoms with E-state index >= 15 is 0 Å². The predicted octanol–water partition coefficient (Wildman–Crippen LogP) is 2.76. The van der Waals surface area contributed by atoms with Crippen molar-refractivity contribution in [3.63, 3.8) is 0 Å². The quantitative estimate of drug-likeness (QED) is 0.515. The summed E-state index contributed by atoms with van der Waals surface area (Å²) < 4.78 is 11.1. The van der Waals surface area contributed by atoms with E-state index < -0.39 is 5.91 Å². The Kier molecular flexibility index (Phi) is 4.33. The van der Waals surface area contributed by atoms with Crippen molar-refractivity contribution in [1.29, 1.82) is 0 Å². The second kappa shape index (κ2) is 6.01. The van der Waals surface area contributed by atoms with E-state index in [1.807, 2.05) is 24.3 Å². The van der Waals surface area contributed by atoms with E-state index in [0.717, 1.165) is 11.3 Å². The van der Waals surface area contributed by atoms with Crippen molar-refractivity contribution < 1.29 is 13.9 Å². The molecule has 0 saturated heterocycles. The summed E-state index contributed by atoms with van der Waals surface area (Å²) in [4.78, 5) is 11.6. The number of carbonyl (C=O) groups is 1. The van der Waals surface area contributed by atoms with Crippen LogP contribution < -0.4 is 16.0 Å². The van der Waals surface area contributed by atoms with Gasteiger partial charge in [0.05, 0.1) is 11.8 Å². The molecule has 0 unspecified atom stereocenters. The topological polar surface area (TPSA) is 77.5 Å². The van der Waals surface area contributed by atoms with Gasteiger partial charge in [-0.2, -0.15) is 0 Å². The molecular formula is C16H20N2O3. The Bertz CT molecular complexity index is 626. The maximum atomic E-state index is 11.6. The van der Waals surface area contributed by atoms with E-state index in [0.29, 0.717) is 11.3 Å². The Labute approximate surface area is 124 Å². The lowest BCUT2D eigenvalue weighted by Crippen LogP contribution is -2.30. The molecule has 5 nitrogen and oxygen atoms in total. The number of hydrogen-bond donors (Lipinski definition) is 2. The largest absolute Gasteiger partial charge is 0.485 e. The average molecular weight is 288 g/mol. The van der Waals surface area contributed by atoms with Gasteiger partial charge in [0.1, 0.15) is 12.4 Å². The molecule has 5 heteroatoms. The third kappa shape index (κ3) is 3.44. The molecule has 0 aliphatic rings. The van der Waals surface area contributed by atoms with Crippen LogP contribution in [0.25, 0.3) is 0 Å². The molecule has 0 spiro atoms. The third-order valence-corrected chi connectivity index (χ3v) is 3.17. The van der Waals surface area contributed by atoms with Crippen LogP contribution in [0.5, 0.6) is 5.75 Å². The van der Waals surface area contributed by atoms with Crippen LogP contribution in [0.1, 0.15) is 42.5 Å². The zero-order valence-electron chi connectivity index (χ0n) is 12.5. The van der Waals surface area contributed by atoms with Gasteiger partial charge in [-0.05, 0) is 23.1 Å². The molecule has 3 N–H and O–H groups in total. The lowest BCUT2D eigenvalue weighted by atomic mass is 9.86. The van der Waals surface area contributed by atoms with Gasteiger partial charge in [0, 0.05) is 0 Å². The fourth-order valence-corrected chi connectivity index (χ4v) is 2.09. The van der Waals surface area contributed by atoms with Crippen molar-refractivity contribution in [3.05, 3.63) is 53.5 Å². The zero-order valence-corrected chi connectivity index (χ0v) is 12.5. The summed E-state index contributed by atoms with van der Waals surface area (Å²) in [6.45, 7) is 6.53. The van der Waals surface area contributed by atoms with Gasteiger partial charge in [0.25, 0.3) is 5.91 Å². The average Bonchev–Trinajstić information content (AvgIpc) is 2.92. The van der Waals surface area contributed by atoms with Crippen LogP contribution in [0.3, 0.4) is 0 Å². The summed E-state index contributed by atoms with van der Waals surface area (Å²) in [7, 11) is 0. The summed E-state index contributed by atoms with van der Waals surface area (Å²) in [5, 5.41) is 0. The van der Waals surface area contributed by atoms with Crippen molar-refractivity contribution in [3.8, 4) is 5.75 Å². The highest BCUT2D eigenvalue weighted by Gasteiger charge is 2.19. The van der Waals surface area contributed by atoms with E-state index in [4.69, 9.17) is 15.0 Å². The van der Waals surface area contributed by atoms with Crippen LogP contribution in [0.4, 0.5) is 0 Å². The standard InChI is InChI=1S/C16H20N2O3/c1-16(2,3)12-6-4-5-7-13(12)21-10-14-11(8-9-20-14)15(19)18-17/h4-9H,10,17H2,1-3H3,(H,18,19). The van der Waals surface area contributed by atoms with E-state index in [1.54, 1.807) is 6.07 Å². The van der Waals surface area contributed by atoms with Crippen molar-refractivity contribution in [2.45, 2.75) is 32.8 Å². The Morgan fingerprint density at radius 2 is 2.00 bits per heavy atom. The first-order valence-electron chi connectivity index (χ1n) is 6.73. The lowest BCUT2D eigenvalue weighted by molar-refractivity contribution is 0.0949. The molecule has 0 aliphatic carbocycles. The molecule has 0 aliphatic heterocycles. The number of hydrogen-bond acceptors (Lipinski definition) is 4. The summed E-state index contributed by atoms with van der Waals surface area (Å²) in [5.41, 5.74) is 3.54. The number of hydrazine groups is 1. The third-order valence-electron chi connectivity index (χ3n) is 3.17. The maximum absolute atomic E-state index is 11.6. The number of benzene rings is 1. The fourth-order valence-electron chi connectivity index (χ4n) is 2.09. The predicted molar refractivity (Wildman–Crippen MR) is 79.8 cm³/mol. The normalized spacial score (nSPS) is 11.2. The number of nitrogens with one attached hydrogen (secondary N) is 1. The van der Waals surface area contributed by atoms with Crippen LogP contribution in [0.2, 0.25) is 0 Å². The van der Waals surface area contributed by atoms with Crippen LogP contribution >= 0.6 is 0 Å². The van der Waals surface area contributed by atoms with E-state index in [9.17, 15) is 4.79 Å². The van der Waals surface area contributed by atoms with Crippen molar-refractivity contribution >= 4 is 5.91 Å². The number of nitrogens with two attached hydrogens (primary N) is 1. The van der Waals surface area contributed by atoms with E-state index in [-0.39, 0.29) is 12.0 Å². The Hall–Kier alpha value is -2.27. The van der Waals surface area contributed by atoms with Gasteiger partial charge >= 0.3 is 0 Å². The Balaban J connectivity index is 2.18. The summed E-state index contributed by atoms with van der Waals surface area (Å²) in [5.74, 6) is 5.97. The van der Waals surface area contributed by atoms with Crippen LogP contribution in [0, 0.1) is 0 Å². The first-order chi connectivity index (χ1) is 9.93. The minimum absolute atomic E-state index is 0.0305. The monoisotopic (exact) mass is 288 g/mol. The maximum Gasteiger partial charge on any atom is 0.268 e. The Morgan fingerprint density at radius 1 is 1.29 bits per heavy atom. The molecule has 0 bridgehead atoms. The molecule has 1 aromatic heterocycles.